The normalized spacial score (nSPS) is 15.6. The lowest BCUT2D eigenvalue weighted by molar-refractivity contribution is 0.584. The topological polar surface area (TPSA) is 80.5 Å². The van der Waals surface area contributed by atoms with Crippen molar-refractivity contribution in [1.82, 2.24) is 9.29 Å². The molecule has 6 nitrogen and oxygen atoms in total. The van der Waals surface area contributed by atoms with E-state index in [4.69, 9.17) is 4.99 Å². The van der Waals surface area contributed by atoms with Crippen molar-refractivity contribution < 1.29 is 12.8 Å². The maximum Gasteiger partial charge on any atom is 0.250 e. The van der Waals surface area contributed by atoms with Crippen LogP contribution in [0.2, 0.25) is 0 Å². The van der Waals surface area contributed by atoms with Crippen LogP contribution in [0.4, 0.5) is 4.39 Å². The number of halogens is 1. The van der Waals surface area contributed by atoms with Gasteiger partial charge in [0.2, 0.25) is 10.0 Å². The molecule has 1 aliphatic rings. The van der Waals surface area contributed by atoms with Crippen LogP contribution in [-0.2, 0) is 17.1 Å². The number of pyridine rings is 1. The maximum atomic E-state index is 13.5. The summed E-state index contributed by atoms with van der Waals surface area (Å²) in [6.45, 7) is 3.86. The van der Waals surface area contributed by atoms with Crippen LogP contribution in [0.5, 0.6) is 0 Å². The van der Waals surface area contributed by atoms with E-state index < -0.39 is 10.0 Å². The van der Waals surface area contributed by atoms with Gasteiger partial charge in [-0.05, 0) is 54.4 Å². The summed E-state index contributed by atoms with van der Waals surface area (Å²) in [6.07, 6.45) is 1.71. The number of benzene rings is 2. The molecule has 1 atom stereocenters. The molecule has 0 spiro atoms. The number of aryl methyl sites for hydroxylation is 1. The van der Waals surface area contributed by atoms with Crippen molar-refractivity contribution in [3.8, 4) is 11.1 Å². The summed E-state index contributed by atoms with van der Waals surface area (Å²) in [5, 5.41) is 0. The average molecular weight is 440 g/mol. The number of nitrogens with zero attached hydrogens (tertiary/aromatic N) is 2. The molecule has 0 aliphatic carbocycles. The van der Waals surface area contributed by atoms with Crippen molar-refractivity contribution in [2.24, 2.45) is 12.0 Å². The number of nitrogens with one attached hydrogen (secondary N) is 1. The van der Waals surface area contributed by atoms with Gasteiger partial charge in [0.05, 0.1) is 16.6 Å². The van der Waals surface area contributed by atoms with Gasteiger partial charge >= 0.3 is 0 Å². The Balaban J connectivity index is 2.04. The van der Waals surface area contributed by atoms with Crippen LogP contribution in [0.25, 0.3) is 11.1 Å². The third-order valence-corrected chi connectivity index (χ3v) is 6.88. The van der Waals surface area contributed by atoms with Gasteiger partial charge < -0.3 is 4.57 Å². The largest absolute Gasteiger partial charge is 0.318 e. The van der Waals surface area contributed by atoms with Crippen molar-refractivity contribution in [1.29, 1.82) is 0 Å². The minimum Gasteiger partial charge on any atom is -0.318 e. The fraction of sp³-hybridized carbons (Fsp3) is 0.217. The zero-order chi connectivity index (χ0) is 22.3. The molecule has 160 valence electrons. The number of aromatic nitrogens is 1. The Morgan fingerprint density at radius 3 is 2.45 bits per heavy atom. The van der Waals surface area contributed by atoms with E-state index in [9.17, 15) is 17.6 Å². The molecule has 1 aromatic heterocycles. The average Bonchev–Trinajstić information content (AvgIpc) is 2.84. The first-order valence-corrected chi connectivity index (χ1v) is 11.4. The van der Waals surface area contributed by atoms with Crippen molar-refractivity contribution in [3.63, 3.8) is 0 Å². The van der Waals surface area contributed by atoms with E-state index in [0.29, 0.717) is 28.0 Å². The molecule has 8 heteroatoms. The number of aliphatic imine (C=N–C) groups is 1. The molecule has 4 rings (SSSR count). The Morgan fingerprint density at radius 2 is 1.77 bits per heavy atom. The molecular formula is C23H22FN3O3S. The first-order chi connectivity index (χ1) is 14.7. The van der Waals surface area contributed by atoms with E-state index in [2.05, 4.69) is 4.72 Å². The number of fused-ring (bicyclic) bond motifs is 3. The van der Waals surface area contributed by atoms with Gasteiger partial charge in [-0.2, -0.15) is 0 Å². The lowest BCUT2D eigenvalue weighted by atomic mass is 9.92. The molecular weight excluding hydrogens is 417 g/mol. The van der Waals surface area contributed by atoms with Gasteiger partial charge in [-0.25, -0.2) is 17.5 Å². The van der Waals surface area contributed by atoms with Crippen LogP contribution < -0.4 is 10.3 Å². The minimum atomic E-state index is -3.69. The quantitative estimate of drug-likeness (QED) is 0.677. The summed E-state index contributed by atoms with van der Waals surface area (Å²) in [6, 6.07) is 12.0. The van der Waals surface area contributed by atoms with Crippen LogP contribution in [0.1, 0.15) is 36.6 Å². The standard InChI is InChI=1S/C23H22FN3O3S/c1-4-25-31(29,30)17-9-10-18-20(11-17)21-13-27(3)22(28)12-19(21)14(2)26-23(18)15-5-7-16(24)8-6-15/h5-14,25H,4H2,1-3H3/t14-/m0/s1. The van der Waals surface area contributed by atoms with Crippen LogP contribution in [0, 0.1) is 5.82 Å². The predicted molar refractivity (Wildman–Crippen MR) is 118 cm³/mol. The molecule has 0 unspecified atom stereocenters. The highest BCUT2D eigenvalue weighted by molar-refractivity contribution is 7.89. The van der Waals surface area contributed by atoms with Crippen molar-refractivity contribution in [3.05, 3.63) is 87.6 Å². The smallest absolute Gasteiger partial charge is 0.250 e. The van der Waals surface area contributed by atoms with Gasteiger partial charge in [-0.1, -0.05) is 13.0 Å². The van der Waals surface area contributed by atoms with Crippen LogP contribution in [-0.4, -0.2) is 25.2 Å². The Hall–Kier alpha value is -3.10. The van der Waals surface area contributed by atoms with Gasteiger partial charge in [-0.3, -0.25) is 9.79 Å². The van der Waals surface area contributed by atoms with E-state index in [-0.39, 0.29) is 28.9 Å². The molecule has 0 radical (unpaired) electrons. The lowest BCUT2D eigenvalue weighted by Crippen LogP contribution is -2.23. The second-order valence-corrected chi connectivity index (χ2v) is 9.23. The second-order valence-electron chi connectivity index (χ2n) is 7.46. The summed E-state index contributed by atoms with van der Waals surface area (Å²) in [7, 11) is -2.03. The number of hydrogen-bond acceptors (Lipinski definition) is 4. The Kier molecular flexibility index (Phi) is 5.36. The molecule has 0 fully saturated rings. The Bertz CT molecular complexity index is 1360. The summed E-state index contributed by atoms with van der Waals surface area (Å²) in [5.41, 5.74) is 3.95. The monoisotopic (exact) mass is 439 g/mol. The van der Waals surface area contributed by atoms with Gasteiger partial charge in [-0.15, -0.1) is 0 Å². The highest BCUT2D eigenvalue weighted by Crippen LogP contribution is 2.37. The molecule has 0 saturated heterocycles. The molecule has 0 saturated carbocycles. The summed E-state index contributed by atoms with van der Waals surface area (Å²) < 4.78 is 42.8. The highest BCUT2D eigenvalue weighted by atomic mass is 32.2. The number of rotatable bonds is 4. The fourth-order valence-electron chi connectivity index (χ4n) is 3.78. The third-order valence-electron chi connectivity index (χ3n) is 5.33. The molecule has 2 heterocycles. The van der Waals surface area contributed by atoms with Gasteiger partial charge in [0.1, 0.15) is 5.82 Å². The highest BCUT2D eigenvalue weighted by Gasteiger charge is 2.26. The van der Waals surface area contributed by atoms with Crippen LogP contribution in [0.15, 0.2) is 69.4 Å². The number of sulfonamides is 1. The van der Waals surface area contributed by atoms with E-state index in [1.807, 2.05) is 6.92 Å². The van der Waals surface area contributed by atoms with E-state index >= 15 is 0 Å². The molecule has 1 N–H and O–H groups in total. The molecule has 0 bridgehead atoms. The van der Waals surface area contributed by atoms with Crippen molar-refractivity contribution >= 4 is 15.7 Å². The lowest BCUT2D eigenvalue weighted by Gasteiger charge is -2.15. The van der Waals surface area contributed by atoms with Gasteiger partial charge in [0.15, 0.2) is 0 Å². The van der Waals surface area contributed by atoms with Crippen LogP contribution in [0.3, 0.4) is 0 Å². The SMILES string of the molecule is CCNS(=O)(=O)c1ccc2c(c1)-c1cn(C)c(=O)cc1[C@H](C)N=C2c1ccc(F)cc1. The Labute approximate surface area is 180 Å². The summed E-state index contributed by atoms with van der Waals surface area (Å²) in [5.74, 6) is -0.357. The molecule has 2 aromatic carbocycles. The van der Waals surface area contributed by atoms with Crippen LogP contribution >= 0.6 is 0 Å². The summed E-state index contributed by atoms with van der Waals surface area (Å²) in [4.78, 5) is 17.3. The zero-order valence-electron chi connectivity index (χ0n) is 17.4. The van der Waals surface area contributed by atoms with Gasteiger partial charge in [0, 0.05) is 42.5 Å². The molecule has 31 heavy (non-hydrogen) atoms. The third kappa shape index (κ3) is 3.84. The van der Waals surface area contributed by atoms with Gasteiger partial charge in [0.25, 0.3) is 5.56 Å². The summed E-state index contributed by atoms with van der Waals surface area (Å²) >= 11 is 0. The second kappa shape index (κ2) is 7.86. The molecule has 1 aliphatic heterocycles. The maximum absolute atomic E-state index is 13.5. The molecule has 0 amide bonds. The molecule has 3 aromatic rings. The van der Waals surface area contributed by atoms with Crippen molar-refractivity contribution in [2.45, 2.75) is 24.8 Å². The Morgan fingerprint density at radius 1 is 1.06 bits per heavy atom. The fourth-order valence-corrected chi connectivity index (χ4v) is 4.85. The predicted octanol–water partition coefficient (Wildman–Crippen LogP) is 3.40. The zero-order valence-corrected chi connectivity index (χ0v) is 18.2. The van der Waals surface area contributed by atoms with E-state index in [0.717, 1.165) is 5.56 Å². The van der Waals surface area contributed by atoms with E-state index in [1.165, 1.54) is 28.8 Å². The van der Waals surface area contributed by atoms with Crippen molar-refractivity contribution in [2.75, 3.05) is 6.54 Å². The first-order valence-electron chi connectivity index (χ1n) is 9.90. The number of hydrogen-bond donors (Lipinski definition) is 1. The minimum absolute atomic E-state index is 0.126. The van der Waals surface area contributed by atoms with E-state index in [1.54, 1.807) is 44.4 Å². The first kappa shape index (κ1) is 21.1.